The van der Waals surface area contributed by atoms with Gasteiger partial charge >= 0.3 is 0 Å². The molecule has 0 saturated heterocycles. The SMILES string of the molecule is CC(CS(=O)(=O)NCC1(CCO)CC1)c1ccccc1. The van der Waals surface area contributed by atoms with Gasteiger partial charge in [0.2, 0.25) is 10.0 Å². The summed E-state index contributed by atoms with van der Waals surface area (Å²) in [6.07, 6.45) is 2.69. The molecule has 0 radical (unpaired) electrons. The smallest absolute Gasteiger partial charge is 0.212 e. The number of sulfonamides is 1. The number of hydrogen-bond acceptors (Lipinski definition) is 3. The Morgan fingerprint density at radius 3 is 2.50 bits per heavy atom. The third-order valence-electron chi connectivity index (χ3n) is 4.10. The minimum atomic E-state index is -3.27. The molecule has 112 valence electrons. The van der Waals surface area contributed by atoms with Gasteiger partial charge in [-0.2, -0.15) is 0 Å². The summed E-state index contributed by atoms with van der Waals surface area (Å²) in [4.78, 5) is 0. The largest absolute Gasteiger partial charge is 0.396 e. The van der Waals surface area contributed by atoms with Gasteiger partial charge in [-0.15, -0.1) is 0 Å². The Hall–Kier alpha value is -0.910. The zero-order valence-electron chi connectivity index (χ0n) is 11.9. The fraction of sp³-hybridized carbons (Fsp3) is 0.600. The van der Waals surface area contributed by atoms with E-state index in [1.165, 1.54) is 0 Å². The fourth-order valence-electron chi connectivity index (χ4n) is 2.46. The summed E-state index contributed by atoms with van der Waals surface area (Å²) in [6.45, 7) is 2.51. The van der Waals surface area contributed by atoms with E-state index in [1.54, 1.807) is 0 Å². The highest BCUT2D eigenvalue weighted by Crippen LogP contribution is 2.48. The third-order valence-corrected chi connectivity index (χ3v) is 5.63. The number of aliphatic hydroxyl groups is 1. The minimum absolute atomic E-state index is 0.0117. The van der Waals surface area contributed by atoms with Crippen molar-refractivity contribution in [2.24, 2.45) is 5.41 Å². The van der Waals surface area contributed by atoms with E-state index in [2.05, 4.69) is 4.72 Å². The lowest BCUT2D eigenvalue weighted by Crippen LogP contribution is -2.33. The van der Waals surface area contributed by atoms with Crippen molar-refractivity contribution in [3.05, 3.63) is 35.9 Å². The van der Waals surface area contributed by atoms with Crippen molar-refractivity contribution in [2.45, 2.75) is 32.1 Å². The number of rotatable bonds is 8. The van der Waals surface area contributed by atoms with Gasteiger partial charge in [-0.05, 0) is 36.2 Å². The molecule has 1 atom stereocenters. The van der Waals surface area contributed by atoms with Crippen molar-refractivity contribution in [2.75, 3.05) is 18.9 Å². The van der Waals surface area contributed by atoms with E-state index in [-0.39, 0.29) is 23.7 Å². The lowest BCUT2D eigenvalue weighted by atomic mass is 10.0. The average Bonchev–Trinajstić information content (AvgIpc) is 3.18. The van der Waals surface area contributed by atoms with E-state index in [0.717, 1.165) is 18.4 Å². The van der Waals surface area contributed by atoms with Crippen molar-refractivity contribution in [3.8, 4) is 0 Å². The van der Waals surface area contributed by atoms with Crippen molar-refractivity contribution in [1.29, 1.82) is 0 Å². The molecule has 20 heavy (non-hydrogen) atoms. The standard InChI is InChI=1S/C15H23NO3S/c1-13(14-5-3-2-4-6-14)11-20(18,19)16-12-15(7-8-15)9-10-17/h2-6,13,16-17H,7-12H2,1H3. The van der Waals surface area contributed by atoms with Gasteiger partial charge in [-0.1, -0.05) is 37.3 Å². The average molecular weight is 297 g/mol. The van der Waals surface area contributed by atoms with E-state index in [1.807, 2.05) is 37.3 Å². The molecule has 1 aliphatic rings. The van der Waals surface area contributed by atoms with Gasteiger partial charge in [-0.3, -0.25) is 0 Å². The zero-order chi connectivity index (χ0) is 14.6. The molecule has 0 aliphatic heterocycles. The molecule has 1 aromatic carbocycles. The quantitative estimate of drug-likeness (QED) is 0.770. The van der Waals surface area contributed by atoms with Crippen molar-refractivity contribution < 1.29 is 13.5 Å². The van der Waals surface area contributed by atoms with Gasteiger partial charge in [0.1, 0.15) is 0 Å². The summed E-state index contributed by atoms with van der Waals surface area (Å²) >= 11 is 0. The number of benzene rings is 1. The van der Waals surface area contributed by atoms with Crippen LogP contribution in [-0.2, 0) is 10.0 Å². The monoisotopic (exact) mass is 297 g/mol. The van der Waals surface area contributed by atoms with E-state index in [9.17, 15) is 8.42 Å². The highest BCUT2D eigenvalue weighted by atomic mass is 32.2. The second-order valence-electron chi connectivity index (χ2n) is 5.89. The molecular formula is C15H23NO3S. The minimum Gasteiger partial charge on any atom is -0.396 e. The Bertz CT molecular complexity index is 523. The van der Waals surface area contributed by atoms with Gasteiger partial charge in [0, 0.05) is 13.2 Å². The summed E-state index contributed by atoms with van der Waals surface area (Å²) in [5.74, 6) is 0.0772. The summed E-state index contributed by atoms with van der Waals surface area (Å²) < 4.78 is 26.9. The summed E-state index contributed by atoms with van der Waals surface area (Å²) in [7, 11) is -3.27. The normalized spacial score (nSPS) is 18.7. The van der Waals surface area contributed by atoms with Gasteiger partial charge in [0.05, 0.1) is 5.75 Å². The molecule has 5 heteroatoms. The highest BCUT2D eigenvalue weighted by Gasteiger charge is 2.42. The van der Waals surface area contributed by atoms with Crippen LogP contribution in [0.1, 0.15) is 37.7 Å². The topological polar surface area (TPSA) is 66.4 Å². The molecule has 2 N–H and O–H groups in total. The Kier molecular flexibility index (Phi) is 4.83. The van der Waals surface area contributed by atoms with Crippen LogP contribution in [0.2, 0.25) is 0 Å². The molecule has 0 amide bonds. The van der Waals surface area contributed by atoms with Crippen LogP contribution in [0, 0.1) is 5.41 Å². The summed E-state index contributed by atoms with van der Waals surface area (Å²) in [5.41, 5.74) is 1.05. The molecule has 1 saturated carbocycles. The highest BCUT2D eigenvalue weighted by molar-refractivity contribution is 7.89. The fourth-order valence-corrected chi connectivity index (χ4v) is 3.95. The van der Waals surface area contributed by atoms with Gasteiger partial charge in [0.15, 0.2) is 0 Å². The van der Waals surface area contributed by atoms with Gasteiger partial charge in [0.25, 0.3) is 0 Å². The molecule has 0 heterocycles. The number of aliphatic hydroxyl groups excluding tert-OH is 1. The first-order chi connectivity index (χ1) is 9.46. The molecule has 1 unspecified atom stereocenters. The Balaban J connectivity index is 1.88. The molecule has 1 aliphatic carbocycles. The Morgan fingerprint density at radius 1 is 1.30 bits per heavy atom. The molecule has 1 fully saturated rings. The third kappa shape index (κ3) is 4.30. The van der Waals surface area contributed by atoms with Crippen LogP contribution < -0.4 is 4.72 Å². The Morgan fingerprint density at radius 2 is 1.95 bits per heavy atom. The van der Waals surface area contributed by atoms with Crippen LogP contribution in [0.15, 0.2) is 30.3 Å². The van der Waals surface area contributed by atoms with Crippen LogP contribution in [0.4, 0.5) is 0 Å². The molecule has 0 aromatic heterocycles. The molecule has 4 nitrogen and oxygen atoms in total. The van der Waals surface area contributed by atoms with E-state index < -0.39 is 10.0 Å². The maximum absolute atomic E-state index is 12.1. The lowest BCUT2D eigenvalue weighted by molar-refractivity contribution is 0.249. The first-order valence-electron chi connectivity index (χ1n) is 7.10. The molecular weight excluding hydrogens is 274 g/mol. The van der Waals surface area contributed by atoms with Crippen molar-refractivity contribution in [3.63, 3.8) is 0 Å². The van der Waals surface area contributed by atoms with E-state index in [4.69, 9.17) is 5.11 Å². The van der Waals surface area contributed by atoms with Crippen LogP contribution in [-0.4, -0.2) is 32.4 Å². The second-order valence-corrected chi connectivity index (χ2v) is 7.74. The number of nitrogens with one attached hydrogen (secondary N) is 1. The van der Waals surface area contributed by atoms with Crippen molar-refractivity contribution in [1.82, 2.24) is 4.72 Å². The van der Waals surface area contributed by atoms with Crippen LogP contribution in [0.25, 0.3) is 0 Å². The van der Waals surface area contributed by atoms with Crippen LogP contribution in [0.5, 0.6) is 0 Å². The van der Waals surface area contributed by atoms with Crippen LogP contribution >= 0.6 is 0 Å². The maximum atomic E-state index is 12.1. The lowest BCUT2D eigenvalue weighted by Gasteiger charge is -2.17. The summed E-state index contributed by atoms with van der Waals surface area (Å²) in [5, 5.41) is 8.99. The number of hydrogen-bond donors (Lipinski definition) is 2. The predicted molar refractivity (Wildman–Crippen MR) is 80.0 cm³/mol. The summed E-state index contributed by atoms with van der Waals surface area (Å²) in [6, 6.07) is 9.68. The molecule has 1 aromatic rings. The van der Waals surface area contributed by atoms with Gasteiger partial charge < -0.3 is 5.11 Å². The molecule has 2 rings (SSSR count). The van der Waals surface area contributed by atoms with E-state index in [0.29, 0.717) is 13.0 Å². The predicted octanol–water partition coefficient (Wildman–Crippen LogP) is 1.87. The first kappa shape index (κ1) is 15.5. The maximum Gasteiger partial charge on any atom is 0.212 e. The van der Waals surface area contributed by atoms with Crippen molar-refractivity contribution >= 4 is 10.0 Å². The molecule has 0 spiro atoms. The molecule has 0 bridgehead atoms. The Labute approximate surface area is 121 Å². The second kappa shape index (κ2) is 6.24. The van der Waals surface area contributed by atoms with Gasteiger partial charge in [-0.25, -0.2) is 13.1 Å². The van der Waals surface area contributed by atoms with E-state index >= 15 is 0 Å². The van der Waals surface area contributed by atoms with Crippen LogP contribution in [0.3, 0.4) is 0 Å². The zero-order valence-corrected chi connectivity index (χ0v) is 12.7. The first-order valence-corrected chi connectivity index (χ1v) is 8.75.